The van der Waals surface area contributed by atoms with Crippen LogP contribution in [0, 0.1) is 13.8 Å². The van der Waals surface area contributed by atoms with E-state index in [9.17, 15) is 9.59 Å². The zero-order chi connectivity index (χ0) is 24.4. The molecule has 0 atom stereocenters. The summed E-state index contributed by atoms with van der Waals surface area (Å²) in [6.07, 6.45) is 0. The molecule has 3 aromatic rings. The minimum atomic E-state index is 0.0304. The van der Waals surface area contributed by atoms with Gasteiger partial charge in [-0.3, -0.25) is 9.59 Å². The van der Waals surface area contributed by atoms with E-state index in [0.717, 1.165) is 26.2 Å². The highest BCUT2D eigenvalue weighted by molar-refractivity contribution is 7.15. The van der Waals surface area contributed by atoms with Gasteiger partial charge in [0.1, 0.15) is 0 Å². The van der Waals surface area contributed by atoms with Gasteiger partial charge in [0.05, 0.1) is 9.75 Å². The molecule has 5 rings (SSSR count). The third-order valence-electron chi connectivity index (χ3n) is 7.07. The Balaban J connectivity index is 1.16. The van der Waals surface area contributed by atoms with Crippen molar-refractivity contribution < 1.29 is 9.59 Å². The molecule has 1 aromatic heterocycles. The smallest absolute Gasteiger partial charge is 0.264 e. The van der Waals surface area contributed by atoms with Gasteiger partial charge >= 0.3 is 0 Å². The normalized spacial score (nSPS) is 16.5. The summed E-state index contributed by atoms with van der Waals surface area (Å²) in [5.41, 5.74) is 5.00. The first-order chi connectivity index (χ1) is 17.0. The van der Waals surface area contributed by atoms with Crippen LogP contribution in [0.5, 0.6) is 0 Å². The van der Waals surface area contributed by atoms with E-state index < -0.39 is 0 Å². The lowest BCUT2D eigenvalue weighted by Gasteiger charge is -2.36. The summed E-state index contributed by atoms with van der Waals surface area (Å²) in [5, 5.41) is 0. The van der Waals surface area contributed by atoms with E-state index in [1.54, 1.807) is 0 Å². The Morgan fingerprint density at radius 1 is 0.571 bits per heavy atom. The zero-order valence-electron chi connectivity index (χ0n) is 20.4. The molecule has 0 radical (unpaired) electrons. The number of amides is 2. The first-order valence-electron chi connectivity index (χ1n) is 12.3. The number of nitrogens with zero attached hydrogens (tertiary/aromatic N) is 4. The van der Waals surface area contributed by atoms with Gasteiger partial charge in [0.15, 0.2) is 0 Å². The second-order valence-electron chi connectivity index (χ2n) is 9.30. The van der Waals surface area contributed by atoms with Gasteiger partial charge in [0, 0.05) is 63.7 Å². The lowest BCUT2D eigenvalue weighted by Crippen LogP contribution is -2.49. The van der Waals surface area contributed by atoms with E-state index in [2.05, 4.69) is 72.2 Å². The zero-order valence-corrected chi connectivity index (χ0v) is 21.3. The van der Waals surface area contributed by atoms with Gasteiger partial charge in [-0.15, -0.1) is 11.3 Å². The molecule has 2 amide bonds. The van der Waals surface area contributed by atoms with Gasteiger partial charge in [0.25, 0.3) is 11.8 Å². The van der Waals surface area contributed by atoms with E-state index >= 15 is 0 Å². The molecule has 7 heteroatoms. The fraction of sp³-hybridized carbons (Fsp3) is 0.357. The predicted molar refractivity (Wildman–Crippen MR) is 143 cm³/mol. The topological polar surface area (TPSA) is 47.1 Å². The molecule has 2 aliphatic rings. The molecular weight excluding hydrogens is 456 g/mol. The van der Waals surface area contributed by atoms with Gasteiger partial charge in [0.2, 0.25) is 0 Å². The number of carbonyl (C=O) groups is 2. The van der Waals surface area contributed by atoms with Gasteiger partial charge in [-0.1, -0.05) is 36.4 Å². The van der Waals surface area contributed by atoms with Crippen LogP contribution < -0.4 is 9.80 Å². The molecule has 0 saturated carbocycles. The molecule has 35 heavy (non-hydrogen) atoms. The Hall–Kier alpha value is -3.32. The Morgan fingerprint density at radius 3 is 1.31 bits per heavy atom. The van der Waals surface area contributed by atoms with Gasteiger partial charge < -0.3 is 19.6 Å². The molecule has 0 aliphatic carbocycles. The highest BCUT2D eigenvalue weighted by Crippen LogP contribution is 2.25. The summed E-state index contributed by atoms with van der Waals surface area (Å²) in [6, 6.07) is 20.4. The van der Waals surface area contributed by atoms with Crippen LogP contribution in [0.4, 0.5) is 11.4 Å². The number of piperazine rings is 2. The molecule has 2 aliphatic heterocycles. The number of aryl methyl sites for hydroxylation is 2. The van der Waals surface area contributed by atoms with Crippen molar-refractivity contribution in [3.05, 3.63) is 81.5 Å². The van der Waals surface area contributed by atoms with Crippen LogP contribution in [0.1, 0.15) is 30.5 Å². The molecule has 182 valence electrons. The molecule has 0 spiro atoms. The number of carbonyl (C=O) groups excluding carboxylic acids is 2. The number of rotatable bonds is 4. The standard InChI is InChI=1S/C28H32N4O2S/c1-21-7-3-5-9-23(21)29-13-17-31(18-14-29)27(33)25-11-12-26(35-25)28(34)32-19-15-30(16-20-32)24-10-6-4-8-22(24)2/h3-12H,13-20H2,1-2H3. The first kappa shape index (κ1) is 23.4. The van der Waals surface area contributed by atoms with Crippen molar-refractivity contribution in [3.63, 3.8) is 0 Å². The Kier molecular flexibility index (Phi) is 6.77. The number of hydrogen-bond donors (Lipinski definition) is 0. The molecule has 2 saturated heterocycles. The third kappa shape index (κ3) is 4.91. The van der Waals surface area contributed by atoms with E-state index in [4.69, 9.17) is 0 Å². The van der Waals surface area contributed by atoms with Crippen molar-refractivity contribution in [1.29, 1.82) is 0 Å². The molecule has 6 nitrogen and oxygen atoms in total. The van der Waals surface area contributed by atoms with Crippen molar-refractivity contribution in [2.75, 3.05) is 62.2 Å². The second-order valence-corrected chi connectivity index (χ2v) is 10.4. The average molecular weight is 489 g/mol. The van der Waals surface area contributed by atoms with Crippen molar-refractivity contribution in [2.24, 2.45) is 0 Å². The highest BCUT2D eigenvalue weighted by Gasteiger charge is 2.27. The summed E-state index contributed by atoms with van der Waals surface area (Å²) >= 11 is 1.33. The van der Waals surface area contributed by atoms with Crippen LogP contribution in [-0.4, -0.2) is 74.0 Å². The number of anilines is 2. The van der Waals surface area contributed by atoms with Gasteiger partial charge in [-0.05, 0) is 49.2 Å². The van der Waals surface area contributed by atoms with Crippen LogP contribution in [0.3, 0.4) is 0 Å². The van der Waals surface area contributed by atoms with Gasteiger partial charge in [-0.25, -0.2) is 0 Å². The van der Waals surface area contributed by atoms with Crippen molar-refractivity contribution in [2.45, 2.75) is 13.8 Å². The summed E-state index contributed by atoms with van der Waals surface area (Å²) in [5.74, 6) is 0.0608. The highest BCUT2D eigenvalue weighted by atomic mass is 32.1. The van der Waals surface area contributed by atoms with Crippen molar-refractivity contribution in [3.8, 4) is 0 Å². The summed E-state index contributed by atoms with van der Waals surface area (Å²) in [4.78, 5) is 36.1. The summed E-state index contributed by atoms with van der Waals surface area (Å²) in [6.45, 7) is 10.3. The lowest BCUT2D eigenvalue weighted by molar-refractivity contribution is 0.0746. The van der Waals surface area contributed by atoms with E-state index in [1.807, 2.05) is 21.9 Å². The number of benzene rings is 2. The van der Waals surface area contributed by atoms with Gasteiger partial charge in [-0.2, -0.15) is 0 Å². The van der Waals surface area contributed by atoms with Crippen LogP contribution in [0.15, 0.2) is 60.7 Å². The molecular formula is C28H32N4O2S. The maximum Gasteiger partial charge on any atom is 0.264 e. The van der Waals surface area contributed by atoms with Crippen LogP contribution in [0.25, 0.3) is 0 Å². The Morgan fingerprint density at radius 2 is 0.943 bits per heavy atom. The molecule has 0 N–H and O–H groups in total. The van der Waals surface area contributed by atoms with E-state index in [-0.39, 0.29) is 11.8 Å². The molecule has 0 bridgehead atoms. The second kappa shape index (κ2) is 10.1. The SMILES string of the molecule is Cc1ccccc1N1CCN(C(=O)c2ccc(C(=O)N3CCN(c4ccccc4C)CC3)s2)CC1. The van der Waals surface area contributed by atoms with Crippen molar-refractivity contribution in [1.82, 2.24) is 9.80 Å². The van der Waals surface area contributed by atoms with Crippen LogP contribution in [0.2, 0.25) is 0 Å². The number of para-hydroxylation sites is 2. The van der Waals surface area contributed by atoms with Crippen molar-refractivity contribution >= 4 is 34.5 Å². The molecule has 2 fully saturated rings. The molecule has 3 heterocycles. The summed E-state index contributed by atoms with van der Waals surface area (Å²) < 4.78 is 0. The van der Waals surface area contributed by atoms with Crippen LogP contribution >= 0.6 is 11.3 Å². The maximum atomic E-state index is 13.1. The monoisotopic (exact) mass is 488 g/mol. The maximum absolute atomic E-state index is 13.1. The summed E-state index contributed by atoms with van der Waals surface area (Å²) in [7, 11) is 0. The quantitative estimate of drug-likeness (QED) is 0.550. The third-order valence-corrected chi connectivity index (χ3v) is 8.13. The van der Waals surface area contributed by atoms with E-state index in [0.29, 0.717) is 35.9 Å². The number of hydrogen-bond acceptors (Lipinski definition) is 5. The fourth-order valence-electron chi connectivity index (χ4n) is 5.02. The molecule has 0 unspecified atom stereocenters. The first-order valence-corrected chi connectivity index (χ1v) is 13.1. The Labute approximate surface area is 211 Å². The lowest BCUT2D eigenvalue weighted by atomic mass is 10.1. The van der Waals surface area contributed by atoms with Crippen LogP contribution in [-0.2, 0) is 0 Å². The average Bonchev–Trinajstić information content (AvgIpc) is 3.39. The largest absolute Gasteiger partial charge is 0.368 e. The van der Waals surface area contributed by atoms with E-state index in [1.165, 1.54) is 33.8 Å². The number of thiophene rings is 1. The predicted octanol–water partition coefficient (Wildman–Crippen LogP) is 4.29. The fourth-order valence-corrected chi connectivity index (χ4v) is 5.96. The minimum Gasteiger partial charge on any atom is -0.368 e. The molecule has 2 aromatic carbocycles. The minimum absolute atomic E-state index is 0.0304. The Bertz CT molecular complexity index is 1110.